The summed E-state index contributed by atoms with van der Waals surface area (Å²) in [4.78, 5) is 9.25. The molecule has 0 bridgehead atoms. The molecule has 0 N–H and O–H groups in total. The molecule has 15 heavy (non-hydrogen) atoms. The van der Waals surface area contributed by atoms with Crippen LogP contribution in [0.25, 0.3) is 0 Å². The van der Waals surface area contributed by atoms with E-state index in [-0.39, 0.29) is 0 Å². The summed E-state index contributed by atoms with van der Waals surface area (Å²) >= 11 is 0. The van der Waals surface area contributed by atoms with Gasteiger partial charge in [-0.15, -0.1) is 0 Å². The molecular formula is C12H19N3. The molecule has 0 aliphatic carbocycles. The van der Waals surface area contributed by atoms with E-state index in [9.17, 15) is 0 Å². The molecule has 0 spiro atoms. The van der Waals surface area contributed by atoms with Crippen LogP contribution < -0.4 is 0 Å². The maximum Gasteiger partial charge on any atom is 0.0546 e. The average Bonchev–Trinajstić information content (AvgIpc) is 2.22. The lowest BCUT2D eigenvalue weighted by molar-refractivity contribution is 0.147. The molecule has 3 nitrogen and oxygen atoms in total. The highest BCUT2D eigenvalue weighted by Crippen LogP contribution is 2.06. The Balaban J connectivity index is 1.92. The minimum Gasteiger partial charge on any atom is -0.304 e. The molecule has 0 unspecified atom stereocenters. The van der Waals surface area contributed by atoms with Crippen molar-refractivity contribution in [1.29, 1.82) is 0 Å². The molecule has 3 heteroatoms. The first-order chi connectivity index (χ1) is 7.24. The fraction of sp³-hybridized carbons (Fsp3) is 0.583. The maximum atomic E-state index is 4.40. The maximum absolute atomic E-state index is 4.40. The van der Waals surface area contributed by atoms with Crippen LogP contribution >= 0.6 is 0 Å². The first-order valence-electron chi connectivity index (χ1n) is 5.56. The third kappa shape index (κ3) is 3.01. The second kappa shape index (κ2) is 4.73. The SMILES string of the molecule is Cc1ccnc(CN2CCN(C)CC2)c1. The minimum atomic E-state index is 0.996. The van der Waals surface area contributed by atoms with Gasteiger partial charge >= 0.3 is 0 Å². The first-order valence-corrected chi connectivity index (χ1v) is 5.56. The van der Waals surface area contributed by atoms with Gasteiger partial charge in [0.2, 0.25) is 0 Å². The molecule has 0 amide bonds. The number of likely N-dealkylation sites (N-methyl/N-ethyl adjacent to an activating group) is 1. The predicted octanol–water partition coefficient (Wildman–Crippen LogP) is 1.14. The molecule has 1 aromatic rings. The van der Waals surface area contributed by atoms with Crippen molar-refractivity contribution in [3.63, 3.8) is 0 Å². The number of pyridine rings is 1. The van der Waals surface area contributed by atoms with Gasteiger partial charge in [-0.05, 0) is 31.7 Å². The third-order valence-corrected chi connectivity index (χ3v) is 2.95. The average molecular weight is 205 g/mol. The number of aromatic nitrogens is 1. The molecule has 2 rings (SSSR count). The van der Waals surface area contributed by atoms with Crippen molar-refractivity contribution < 1.29 is 0 Å². The molecular weight excluding hydrogens is 186 g/mol. The molecule has 0 saturated carbocycles. The summed E-state index contributed by atoms with van der Waals surface area (Å²) < 4.78 is 0. The van der Waals surface area contributed by atoms with E-state index >= 15 is 0 Å². The summed E-state index contributed by atoms with van der Waals surface area (Å²) in [5.74, 6) is 0. The van der Waals surface area contributed by atoms with Crippen molar-refractivity contribution in [3.05, 3.63) is 29.6 Å². The van der Waals surface area contributed by atoms with Crippen LogP contribution in [0.15, 0.2) is 18.3 Å². The topological polar surface area (TPSA) is 19.4 Å². The standard InChI is InChI=1S/C12H19N3/c1-11-3-4-13-12(9-11)10-15-7-5-14(2)6-8-15/h3-4,9H,5-8,10H2,1-2H3. The van der Waals surface area contributed by atoms with Gasteiger partial charge in [-0.25, -0.2) is 0 Å². The zero-order valence-electron chi connectivity index (χ0n) is 9.61. The van der Waals surface area contributed by atoms with E-state index in [1.54, 1.807) is 0 Å². The largest absolute Gasteiger partial charge is 0.304 e. The normalized spacial score (nSPS) is 19.3. The number of rotatable bonds is 2. The quantitative estimate of drug-likeness (QED) is 0.721. The first kappa shape index (κ1) is 10.6. The van der Waals surface area contributed by atoms with Crippen molar-refractivity contribution in [2.24, 2.45) is 0 Å². The van der Waals surface area contributed by atoms with Crippen LogP contribution in [0.4, 0.5) is 0 Å². The summed E-state index contributed by atoms with van der Waals surface area (Å²) in [6, 6.07) is 4.23. The van der Waals surface area contributed by atoms with Crippen LogP contribution in [0.5, 0.6) is 0 Å². The van der Waals surface area contributed by atoms with Gasteiger partial charge in [-0.1, -0.05) is 0 Å². The lowest BCUT2D eigenvalue weighted by Crippen LogP contribution is -2.44. The molecule has 1 aliphatic rings. The van der Waals surface area contributed by atoms with E-state index in [0.29, 0.717) is 0 Å². The Morgan fingerprint density at radius 2 is 2.00 bits per heavy atom. The van der Waals surface area contributed by atoms with Gasteiger partial charge in [-0.3, -0.25) is 9.88 Å². The Morgan fingerprint density at radius 3 is 2.67 bits per heavy atom. The zero-order chi connectivity index (χ0) is 10.7. The summed E-state index contributed by atoms with van der Waals surface area (Å²) in [6.45, 7) is 7.78. The van der Waals surface area contributed by atoms with Gasteiger partial charge < -0.3 is 4.90 Å². The van der Waals surface area contributed by atoms with Crippen LogP contribution in [-0.4, -0.2) is 48.0 Å². The summed E-state index contributed by atoms with van der Waals surface area (Å²) in [5, 5.41) is 0. The van der Waals surface area contributed by atoms with Crippen molar-refractivity contribution in [3.8, 4) is 0 Å². The number of hydrogen-bond acceptors (Lipinski definition) is 3. The molecule has 82 valence electrons. The van der Waals surface area contributed by atoms with Gasteiger partial charge in [-0.2, -0.15) is 0 Å². The monoisotopic (exact) mass is 205 g/mol. The summed E-state index contributed by atoms with van der Waals surface area (Å²) in [6.07, 6.45) is 1.90. The van der Waals surface area contributed by atoms with E-state index in [2.05, 4.69) is 34.8 Å². The number of hydrogen-bond donors (Lipinski definition) is 0. The number of nitrogens with zero attached hydrogens (tertiary/aromatic N) is 3. The summed E-state index contributed by atoms with van der Waals surface area (Å²) in [7, 11) is 2.18. The third-order valence-electron chi connectivity index (χ3n) is 2.95. The molecule has 1 saturated heterocycles. The van der Waals surface area contributed by atoms with Gasteiger partial charge in [0.25, 0.3) is 0 Å². The Bertz CT molecular complexity index is 316. The highest BCUT2D eigenvalue weighted by molar-refractivity contribution is 5.14. The lowest BCUT2D eigenvalue weighted by Gasteiger charge is -2.32. The van der Waals surface area contributed by atoms with E-state index in [1.807, 2.05) is 12.3 Å². The lowest BCUT2D eigenvalue weighted by atomic mass is 10.2. The van der Waals surface area contributed by atoms with Crippen molar-refractivity contribution >= 4 is 0 Å². The molecule has 1 fully saturated rings. The van der Waals surface area contributed by atoms with Crippen molar-refractivity contribution in [2.45, 2.75) is 13.5 Å². The predicted molar refractivity (Wildman–Crippen MR) is 61.7 cm³/mol. The molecule has 1 aliphatic heterocycles. The number of piperazine rings is 1. The van der Waals surface area contributed by atoms with E-state index in [4.69, 9.17) is 0 Å². The van der Waals surface area contributed by atoms with Gasteiger partial charge in [0.1, 0.15) is 0 Å². The van der Waals surface area contributed by atoms with Crippen LogP contribution in [0.3, 0.4) is 0 Å². The fourth-order valence-corrected chi connectivity index (χ4v) is 1.92. The van der Waals surface area contributed by atoms with Crippen molar-refractivity contribution in [1.82, 2.24) is 14.8 Å². The van der Waals surface area contributed by atoms with Crippen molar-refractivity contribution in [2.75, 3.05) is 33.2 Å². The highest BCUT2D eigenvalue weighted by Gasteiger charge is 2.13. The Hall–Kier alpha value is -0.930. The Labute approximate surface area is 91.7 Å². The molecule has 1 aromatic heterocycles. The van der Waals surface area contributed by atoms with E-state index in [1.165, 1.54) is 24.3 Å². The molecule has 2 heterocycles. The van der Waals surface area contributed by atoms with E-state index in [0.717, 1.165) is 19.6 Å². The molecule has 0 atom stereocenters. The van der Waals surface area contributed by atoms with Crippen LogP contribution in [0, 0.1) is 6.92 Å². The highest BCUT2D eigenvalue weighted by atomic mass is 15.2. The number of aryl methyl sites for hydroxylation is 1. The Morgan fingerprint density at radius 1 is 1.27 bits per heavy atom. The minimum absolute atomic E-state index is 0.996. The zero-order valence-corrected chi connectivity index (χ0v) is 9.61. The fourth-order valence-electron chi connectivity index (χ4n) is 1.92. The second-order valence-electron chi connectivity index (χ2n) is 4.40. The van der Waals surface area contributed by atoms with Crippen LogP contribution in [0.1, 0.15) is 11.3 Å². The summed E-state index contributed by atoms with van der Waals surface area (Å²) in [5.41, 5.74) is 2.49. The van der Waals surface area contributed by atoms with Crippen LogP contribution in [-0.2, 0) is 6.54 Å². The van der Waals surface area contributed by atoms with E-state index < -0.39 is 0 Å². The Kier molecular flexibility index (Phi) is 3.34. The smallest absolute Gasteiger partial charge is 0.0546 e. The molecule has 0 aromatic carbocycles. The van der Waals surface area contributed by atoms with Gasteiger partial charge in [0.05, 0.1) is 5.69 Å². The van der Waals surface area contributed by atoms with Gasteiger partial charge in [0, 0.05) is 38.9 Å². The van der Waals surface area contributed by atoms with Gasteiger partial charge in [0.15, 0.2) is 0 Å². The molecule has 0 radical (unpaired) electrons. The second-order valence-corrected chi connectivity index (χ2v) is 4.40. The van der Waals surface area contributed by atoms with Crippen LogP contribution in [0.2, 0.25) is 0 Å².